The summed E-state index contributed by atoms with van der Waals surface area (Å²) in [6, 6.07) is 19.0. The Morgan fingerprint density at radius 2 is 1.92 bits per heavy atom. The van der Waals surface area contributed by atoms with Gasteiger partial charge >= 0.3 is 0 Å². The van der Waals surface area contributed by atoms with E-state index in [9.17, 15) is 8.42 Å². The number of methoxy groups -OCH3 is 1. The second kappa shape index (κ2) is 10.5. The molecule has 3 heterocycles. The zero-order chi connectivity index (χ0) is 27.0. The quantitative estimate of drug-likeness (QED) is 0.246. The van der Waals surface area contributed by atoms with E-state index in [-0.39, 0.29) is 6.04 Å². The van der Waals surface area contributed by atoms with Crippen molar-refractivity contribution < 1.29 is 17.6 Å². The standard InChI is InChI=1S/C26H22Cl2N4O4S2/c1-35-22-14-15(9-10-18(22)31-38(2,33)34)32-25(24(30-26(32)37)19-8-3-4-13-29-19)21-12-11-20(36-21)16-6-5-7-17(27)23(16)28/h3-14,24-25,31H,1-2H3,(H,30,37). The molecule has 1 saturated heterocycles. The summed E-state index contributed by atoms with van der Waals surface area (Å²) >= 11 is 18.5. The van der Waals surface area contributed by atoms with Gasteiger partial charge in [-0.05, 0) is 60.7 Å². The molecule has 4 aromatic rings. The molecule has 12 heteroatoms. The predicted octanol–water partition coefficient (Wildman–Crippen LogP) is 6.21. The summed E-state index contributed by atoms with van der Waals surface area (Å²) in [4.78, 5) is 6.44. The van der Waals surface area contributed by atoms with Gasteiger partial charge in [0.05, 0.1) is 40.8 Å². The maximum atomic E-state index is 11.8. The monoisotopic (exact) mass is 588 g/mol. The Labute approximate surface area is 235 Å². The van der Waals surface area contributed by atoms with Gasteiger partial charge in [0, 0.05) is 23.5 Å². The van der Waals surface area contributed by atoms with Crippen LogP contribution in [0.3, 0.4) is 0 Å². The Balaban J connectivity index is 1.61. The minimum atomic E-state index is -3.51. The van der Waals surface area contributed by atoms with Gasteiger partial charge in [-0.3, -0.25) is 9.71 Å². The molecule has 0 spiro atoms. The molecule has 5 rings (SSSR count). The number of pyridine rings is 1. The largest absolute Gasteiger partial charge is 0.494 e. The van der Waals surface area contributed by atoms with Gasteiger partial charge in [-0.1, -0.05) is 35.3 Å². The molecule has 1 fully saturated rings. The summed E-state index contributed by atoms with van der Waals surface area (Å²) in [5.74, 6) is 1.49. The van der Waals surface area contributed by atoms with Crippen LogP contribution in [0.1, 0.15) is 23.5 Å². The van der Waals surface area contributed by atoms with Gasteiger partial charge in [-0.2, -0.15) is 0 Å². The Bertz CT molecular complexity index is 1610. The van der Waals surface area contributed by atoms with E-state index in [2.05, 4.69) is 15.0 Å². The number of aromatic nitrogens is 1. The fourth-order valence-electron chi connectivity index (χ4n) is 4.39. The number of benzene rings is 2. The first-order valence-corrected chi connectivity index (χ1v) is 14.4. The molecule has 196 valence electrons. The van der Waals surface area contributed by atoms with E-state index < -0.39 is 16.1 Å². The smallest absolute Gasteiger partial charge is 0.229 e. The summed E-state index contributed by atoms with van der Waals surface area (Å²) in [5.41, 5.74) is 2.41. The number of halogens is 2. The van der Waals surface area contributed by atoms with E-state index in [1.807, 2.05) is 41.3 Å². The summed E-state index contributed by atoms with van der Waals surface area (Å²) in [6.45, 7) is 0. The molecule has 2 unspecified atom stereocenters. The van der Waals surface area contributed by atoms with Gasteiger partial charge in [0.2, 0.25) is 10.0 Å². The summed E-state index contributed by atoms with van der Waals surface area (Å²) < 4.78 is 37.9. The lowest BCUT2D eigenvalue weighted by atomic mass is 10.0. The Hall–Kier alpha value is -3.31. The fraction of sp³-hybridized carbons (Fsp3) is 0.154. The number of rotatable bonds is 7. The van der Waals surface area contributed by atoms with Gasteiger partial charge in [0.1, 0.15) is 23.3 Å². The Morgan fingerprint density at radius 1 is 1.11 bits per heavy atom. The van der Waals surface area contributed by atoms with Crippen LogP contribution in [0.25, 0.3) is 11.3 Å². The average Bonchev–Trinajstić information content (AvgIpc) is 3.50. The normalized spacial score (nSPS) is 17.4. The highest BCUT2D eigenvalue weighted by Crippen LogP contribution is 2.45. The lowest BCUT2D eigenvalue weighted by Crippen LogP contribution is -2.29. The first-order valence-electron chi connectivity index (χ1n) is 11.4. The van der Waals surface area contributed by atoms with Crippen molar-refractivity contribution in [2.75, 3.05) is 23.0 Å². The van der Waals surface area contributed by atoms with Crippen molar-refractivity contribution in [1.82, 2.24) is 10.3 Å². The molecule has 1 aliphatic rings. The minimum Gasteiger partial charge on any atom is -0.494 e. The third kappa shape index (κ3) is 5.17. The van der Waals surface area contributed by atoms with Gasteiger partial charge in [0.25, 0.3) is 0 Å². The van der Waals surface area contributed by atoms with Crippen LogP contribution in [-0.2, 0) is 10.0 Å². The second-order valence-electron chi connectivity index (χ2n) is 8.56. The van der Waals surface area contributed by atoms with E-state index in [1.54, 1.807) is 36.5 Å². The highest BCUT2D eigenvalue weighted by molar-refractivity contribution is 7.92. The SMILES string of the molecule is COc1cc(N2C(=S)NC(c3ccccn3)C2c2ccc(-c3cccc(Cl)c3Cl)o2)ccc1NS(C)(=O)=O. The van der Waals surface area contributed by atoms with Crippen molar-refractivity contribution in [1.29, 1.82) is 0 Å². The lowest BCUT2D eigenvalue weighted by molar-refractivity contribution is 0.416. The molecule has 2 aromatic carbocycles. The second-order valence-corrected chi connectivity index (χ2v) is 11.5. The molecule has 0 radical (unpaired) electrons. The van der Waals surface area contributed by atoms with Crippen LogP contribution >= 0.6 is 35.4 Å². The molecular weight excluding hydrogens is 567 g/mol. The number of nitrogens with one attached hydrogen (secondary N) is 2. The topological polar surface area (TPSA) is 96.7 Å². The van der Waals surface area contributed by atoms with Crippen LogP contribution in [-0.4, -0.2) is 31.9 Å². The maximum absolute atomic E-state index is 11.8. The molecule has 2 N–H and O–H groups in total. The highest BCUT2D eigenvalue weighted by atomic mass is 35.5. The first-order chi connectivity index (χ1) is 18.2. The van der Waals surface area contributed by atoms with Crippen LogP contribution in [0.5, 0.6) is 5.75 Å². The van der Waals surface area contributed by atoms with Crippen molar-refractivity contribution in [3.63, 3.8) is 0 Å². The Morgan fingerprint density at radius 3 is 2.63 bits per heavy atom. The number of hydrogen-bond acceptors (Lipinski definition) is 6. The van der Waals surface area contributed by atoms with E-state index >= 15 is 0 Å². The van der Waals surface area contributed by atoms with Gasteiger partial charge in [-0.25, -0.2) is 8.42 Å². The third-order valence-corrected chi connectivity index (χ3v) is 7.72. The van der Waals surface area contributed by atoms with E-state index in [4.69, 9.17) is 44.6 Å². The number of ether oxygens (including phenoxy) is 1. The van der Waals surface area contributed by atoms with Crippen molar-refractivity contribution in [3.8, 4) is 17.1 Å². The molecular formula is C26H22Cl2N4O4S2. The number of thiocarbonyl (C=S) groups is 1. The van der Waals surface area contributed by atoms with Gasteiger partial charge in [-0.15, -0.1) is 0 Å². The van der Waals surface area contributed by atoms with E-state index in [1.165, 1.54) is 7.11 Å². The number of anilines is 2. The van der Waals surface area contributed by atoms with Crippen molar-refractivity contribution in [2.45, 2.75) is 12.1 Å². The molecule has 0 saturated carbocycles. The zero-order valence-electron chi connectivity index (χ0n) is 20.2. The average molecular weight is 590 g/mol. The van der Waals surface area contributed by atoms with E-state index in [0.717, 1.165) is 11.9 Å². The maximum Gasteiger partial charge on any atom is 0.229 e. The predicted molar refractivity (Wildman–Crippen MR) is 154 cm³/mol. The zero-order valence-corrected chi connectivity index (χ0v) is 23.3. The minimum absolute atomic E-state index is 0.311. The molecule has 38 heavy (non-hydrogen) atoms. The molecule has 0 aliphatic carbocycles. The van der Waals surface area contributed by atoms with Crippen LogP contribution < -0.4 is 19.7 Å². The lowest BCUT2D eigenvalue weighted by Gasteiger charge is -2.27. The van der Waals surface area contributed by atoms with Crippen molar-refractivity contribution >= 4 is 61.9 Å². The fourth-order valence-corrected chi connectivity index (χ4v) is 5.69. The summed E-state index contributed by atoms with van der Waals surface area (Å²) in [6.07, 6.45) is 2.79. The van der Waals surface area contributed by atoms with Crippen LogP contribution in [0.2, 0.25) is 10.0 Å². The number of sulfonamides is 1. The molecule has 0 amide bonds. The molecule has 8 nitrogen and oxygen atoms in total. The van der Waals surface area contributed by atoms with Crippen molar-refractivity contribution in [2.24, 2.45) is 0 Å². The summed E-state index contributed by atoms with van der Waals surface area (Å²) in [5, 5.41) is 4.62. The number of furan rings is 1. The van der Waals surface area contributed by atoms with Crippen LogP contribution in [0.15, 0.2) is 77.3 Å². The molecule has 1 aliphatic heterocycles. The van der Waals surface area contributed by atoms with Crippen LogP contribution in [0, 0.1) is 0 Å². The number of nitrogens with zero attached hydrogens (tertiary/aromatic N) is 2. The molecule has 2 atom stereocenters. The first kappa shape index (κ1) is 26.3. The summed E-state index contributed by atoms with van der Waals surface area (Å²) in [7, 11) is -2.04. The third-order valence-electron chi connectivity index (χ3n) is 5.99. The number of hydrogen-bond donors (Lipinski definition) is 2. The van der Waals surface area contributed by atoms with Gasteiger partial charge < -0.3 is 19.4 Å². The highest BCUT2D eigenvalue weighted by Gasteiger charge is 2.43. The van der Waals surface area contributed by atoms with Crippen molar-refractivity contribution in [3.05, 3.63) is 94.4 Å². The van der Waals surface area contributed by atoms with Crippen LogP contribution in [0.4, 0.5) is 11.4 Å². The molecule has 0 bridgehead atoms. The Kier molecular flexibility index (Phi) is 7.23. The molecule has 2 aromatic heterocycles. The van der Waals surface area contributed by atoms with Gasteiger partial charge in [0.15, 0.2) is 5.11 Å². The van der Waals surface area contributed by atoms with E-state index in [0.29, 0.717) is 49.4 Å².